The van der Waals surface area contributed by atoms with Crippen molar-refractivity contribution in [2.75, 3.05) is 33.2 Å². The number of benzene rings is 1. The summed E-state index contributed by atoms with van der Waals surface area (Å²) in [6.07, 6.45) is 1.95. The van der Waals surface area contributed by atoms with Gasteiger partial charge in [-0.25, -0.2) is 4.31 Å². The zero-order valence-corrected chi connectivity index (χ0v) is 13.9. The van der Waals surface area contributed by atoms with Crippen LogP contribution in [0.4, 0.5) is 0 Å². The minimum Gasteiger partial charge on any atom is -0.304 e. The topological polar surface area (TPSA) is 19.4 Å². The lowest BCUT2D eigenvalue weighted by Gasteiger charge is -2.31. The fourth-order valence-corrected chi connectivity index (χ4v) is 3.80. The maximum Gasteiger partial charge on any atom is 0.0507 e. The van der Waals surface area contributed by atoms with E-state index in [9.17, 15) is 0 Å². The van der Waals surface area contributed by atoms with Crippen LogP contribution >= 0.6 is 11.9 Å². The van der Waals surface area contributed by atoms with Gasteiger partial charge in [-0.3, -0.25) is 4.98 Å². The molecule has 0 aliphatic carbocycles. The summed E-state index contributed by atoms with van der Waals surface area (Å²) in [4.78, 5) is 8.31. The Kier molecular flexibility index (Phi) is 4.48. The van der Waals surface area contributed by atoms with E-state index in [0.717, 1.165) is 26.2 Å². The molecule has 0 N–H and O–H groups in total. The molecular formula is C17H23N3S. The maximum absolute atomic E-state index is 4.57. The number of fused-ring (bicyclic) bond motifs is 1. The van der Waals surface area contributed by atoms with E-state index in [1.54, 1.807) is 0 Å². The van der Waals surface area contributed by atoms with Crippen LogP contribution in [-0.4, -0.2) is 47.4 Å². The fraction of sp³-hybridized carbons (Fsp3) is 0.471. The zero-order chi connectivity index (χ0) is 14.8. The van der Waals surface area contributed by atoms with E-state index in [2.05, 4.69) is 59.3 Å². The molecule has 4 heteroatoms. The van der Waals surface area contributed by atoms with Crippen LogP contribution in [0.5, 0.6) is 0 Å². The molecule has 0 unspecified atom stereocenters. The van der Waals surface area contributed by atoms with Gasteiger partial charge >= 0.3 is 0 Å². The standard InChI is InChI=1S/C17H23N3S/c1-13(2)17-15-5-4-6-16(14(15)7-8-18-17)21-20-11-9-19(3)10-12-20/h4-8,13H,9-12H2,1-3H3. The second-order valence-corrected chi connectivity index (χ2v) is 7.16. The van der Waals surface area contributed by atoms with Gasteiger partial charge in [0.05, 0.1) is 5.69 Å². The van der Waals surface area contributed by atoms with Crippen LogP contribution in [0.15, 0.2) is 35.4 Å². The summed E-state index contributed by atoms with van der Waals surface area (Å²) in [5.41, 5.74) is 1.20. The normalized spacial score (nSPS) is 17.7. The highest BCUT2D eigenvalue weighted by Gasteiger charge is 2.16. The second-order valence-electron chi connectivity index (χ2n) is 6.03. The van der Waals surface area contributed by atoms with Crippen LogP contribution in [0.2, 0.25) is 0 Å². The Labute approximate surface area is 131 Å². The van der Waals surface area contributed by atoms with Crippen LogP contribution in [0, 0.1) is 0 Å². The van der Waals surface area contributed by atoms with E-state index < -0.39 is 0 Å². The van der Waals surface area contributed by atoms with E-state index in [1.165, 1.54) is 21.4 Å². The maximum atomic E-state index is 4.57. The molecule has 0 bridgehead atoms. The highest BCUT2D eigenvalue weighted by atomic mass is 32.2. The van der Waals surface area contributed by atoms with Gasteiger partial charge in [-0.05, 0) is 42.4 Å². The van der Waals surface area contributed by atoms with Crippen molar-refractivity contribution in [3.05, 3.63) is 36.2 Å². The minimum absolute atomic E-state index is 0.456. The van der Waals surface area contributed by atoms with Gasteiger partial charge in [0, 0.05) is 42.7 Å². The van der Waals surface area contributed by atoms with Crippen molar-refractivity contribution in [1.29, 1.82) is 0 Å². The predicted molar refractivity (Wildman–Crippen MR) is 90.8 cm³/mol. The summed E-state index contributed by atoms with van der Waals surface area (Å²) in [5.74, 6) is 0.456. The van der Waals surface area contributed by atoms with E-state index in [0.29, 0.717) is 5.92 Å². The number of hydrogen-bond donors (Lipinski definition) is 0. The Hall–Kier alpha value is -1.10. The van der Waals surface area contributed by atoms with E-state index in [-0.39, 0.29) is 0 Å². The van der Waals surface area contributed by atoms with Crippen LogP contribution < -0.4 is 0 Å². The third-order valence-electron chi connectivity index (χ3n) is 4.03. The molecule has 3 nitrogen and oxygen atoms in total. The van der Waals surface area contributed by atoms with Gasteiger partial charge in [0.25, 0.3) is 0 Å². The van der Waals surface area contributed by atoms with Crippen LogP contribution in [0.3, 0.4) is 0 Å². The summed E-state index contributed by atoms with van der Waals surface area (Å²) in [6.45, 7) is 8.97. The lowest BCUT2D eigenvalue weighted by molar-refractivity contribution is 0.233. The first kappa shape index (κ1) is 14.8. The number of piperazine rings is 1. The number of likely N-dealkylation sites (N-methyl/N-ethyl adjacent to an activating group) is 1. The van der Waals surface area contributed by atoms with E-state index in [1.807, 2.05) is 18.1 Å². The zero-order valence-electron chi connectivity index (χ0n) is 13.0. The van der Waals surface area contributed by atoms with Crippen LogP contribution in [-0.2, 0) is 0 Å². The fourth-order valence-electron chi connectivity index (χ4n) is 2.76. The molecule has 0 atom stereocenters. The molecule has 1 aliphatic rings. The Bertz CT molecular complexity index is 618. The lowest BCUT2D eigenvalue weighted by Crippen LogP contribution is -2.40. The average molecular weight is 301 g/mol. The van der Waals surface area contributed by atoms with Gasteiger partial charge in [-0.15, -0.1) is 0 Å². The Morgan fingerprint density at radius 2 is 1.81 bits per heavy atom. The largest absolute Gasteiger partial charge is 0.304 e. The van der Waals surface area contributed by atoms with Crippen LogP contribution in [0.25, 0.3) is 10.8 Å². The number of pyridine rings is 1. The van der Waals surface area contributed by atoms with Crippen molar-refractivity contribution < 1.29 is 0 Å². The first-order chi connectivity index (χ1) is 10.1. The Morgan fingerprint density at radius 1 is 1.05 bits per heavy atom. The average Bonchev–Trinajstić information content (AvgIpc) is 2.49. The smallest absolute Gasteiger partial charge is 0.0507 e. The molecule has 2 aromatic rings. The predicted octanol–water partition coefficient (Wildman–Crippen LogP) is 3.61. The number of rotatable bonds is 3. The third-order valence-corrected chi connectivity index (χ3v) is 5.21. The molecule has 0 saturated carbocycles. The monoisotopic (exact) mass is 301 g/mol. The third kappa shape index (κ3) is 3.23. The molecule has 0 radical (unpaired) electrons. The highest BCUT2D eigenvalue weighted by Crippen LogP contribution is 2.33. The minimum atomic E-state index is 0.456. The van der Waals surface area contributed by atoms with Crippen molar-refractivity contribution in [1.82, 2.24) is 14.2 Å². The van der Waals surface area contributed by atoms with E-state index >= 15 is 0 Å². The Balaban J connectivity index is 1.90. The van der Waals surface area contributed by atoms with Crippen molar-refractivity contribution in [3.8, 4) is 0 Å². The first-order valence-corrected chi connectivity index (χ1v) is 8.41. The van der Waals surface area contributed by atoms with Gasteiger partial charge < -0.3 is 4.90 Å². The van der Waals surface area contributed by atoms with Gasteiger partial charge in [0.1, 0.15) is 0 Å². The molecule has 0 amide bonds. The van der Waals surface area contributed by atoms with Gasteiger partial charge in [-0.2, -0.15) is 0 Å². The van der Waals surface area contributed by atoms with E-state index in [4.69, 9.17) is 0 Å². The van der Waals surface area contributed by atoms with Crippen molar-refractivity contribution >= 4 is 22.7 Å². The summed E-state index contributed by atoms with van der Waals surface area (Å²) < 4.78 is 2.48. The van der Waals surface area contributed by atoms with Gasteiger partial charge in [0.2, 0.25) is 0 Å². The molecule has 2 heterocycles. The molecule has 1 saturated heterocycles. The van der Waals surface area contributed by atoms with Crippen molar-refractivity contribution in [3.63, 3.8) is 0 Å². The van der Waals surface area contributed by atoms with Gasteiger partial charge in [0.15, 0.2) is 0 Å². The van der Waals surface area contributed by atoms with Crippen molar-refractivity contribution in [2.24, 2.45) is 0 Å². The molecule has 21 heavy (non-hydrogen) atoms. The Morgan fingerprint density at radius 3 is 2.52 bits per heavy atom. The lowest BCUT2D eigenvalue weighted by atomic mass is 10.0. The SMILES string of the molecule is CC(C)c1nccc2c(SN3CCN(C)CC3)cccc12. The van der Waals surface area contributed by atoms with Gasteiger partial charge in [-0.1, -0.05) is 26.0 Å². The molecule has 1 aromatic heterocycles. The summed E-state index contributed by atoms with van der Waals surface area (Å²) >= 11 is 1.90. The number of aromatic nitrogens is 1. The summed E-state index contributed by atoms with van der Waals surface area (Å²) in [7, 11) is 2.19. The molecule has 1 fully saturated rings. The highest BCUT2D eigenvalue weighted by molar-refractivity contribution is 7.97. The molecule has 0 spiro atoms. The summed E-state index contributed by atoms with van der Waals surface area (Å²) in [5, 5.41) is 2.63. The number of nitrogens with zero attached hydrogens (tertiary/aromatic N) is 3. The molecule has 1 aromatic carbocycles. The molecular weight excluding hydrogens is 278 g/mol. The summed E-state index contributed by atoms with van der Waals surface area (Å²) in [6, 6.07) is 8.75. The number of hydrogen-bond acceptors (Lipinski definition) is 4. The molecule has 1 aliphatic heterocycles. The molecule has 112 valence electrons. The molecule has 3 rings (SSSR count). The first-order valence-electron chi connectivity index (χ1n) is 7.64. The van der Waals surface area contributed by atoms with Crippen LogP contribution in [0.1, 0.15) is 25.5 Å². The quantitative estimate of drug-likeness (QED) is 0.806. The second kappa shape index (κ2) is 6.34. The van der Waals surface area contributed by atoms with Crippen molar-refractivity contribution in [2.45, 2.75) is 24.7 Å².